The van der Waals surface area contributed by atoms with Crippen molar-refractivity contribution in [3.63, 3.8) is 0 Å². The Morgan fingerprint density at radius 1 is 1.26 bits per heavy atom. The molecule has 1 aromatic heterocycles. The van der Waals surface area contributed by atoms with Crippen molar-refractivity contribution >= 4 is 34.9 Å². The molecule has 0 fully saturated rings. The predicted molar refractivity (Wildman–Crippen MR) is 78.7 cm³/mol. The van der Waals surface area contributed by atoms with E-state index in [2.05, 4.69) is 10.3 Å². The molecule has 0 saturated carbocycles. The lowest BCUT2D eigenvalue weighted by molar-refractivity contribution is 0.0996. The number of nitrogen functional groups attached to an aromatic ring is 1. The lowest BCUT2D eigenvalue weighted by atomic mass is 10.3. The van der Waals surface area contributed by atoms with Crippen LogP contribution in [0.3, 0.4) is 0 Å². The predicted octanol–water partition coefficient (Wildman–Crippen LogP) is 2.23. The molecule has 1 amide bonds. The molecule has 0 aliphatic heterocycles. The Balaban J connectivity index is 2.37. The fourth-order valence-corrected chi connectivity index (χ4v) is 2.14. The third-order valence-corrected chi connectivity index (χ3v) is 3.33. The van der Waals surface area contributed by atoms with Crippen LogP contribution in [0.5, 0.6) is 0 Å². The van der Waals surface area contributed by atoms with Crippen LogP contribution >= 0.6 is 11.8 Å². The lowest BCUT2D eigenvalue weighted by Crippen LogP contribution is -2.14. The number of para-hydroxylation sites is 1. The molecule has 1 heterocycles. The van der Waals surface area contributed by atoms with Crippen LogP contribution < -0.4 is 16.8 Å². The minimum Gasteiger partial charge on any atom is -0.396 e. The number of carbonyl (C=O) groups is 1. The van der Waals surface area contributed by atoms with E-state index in [-0.39, 0.29) is 5.69 Å². The molecule has 0 aliphatic carbocycles. The van der Waals surface area contributed by atoms with Gasteiger partial charge in [-0.15, -0.1) is 11.8 Å². The molecule has 2 rings (SSSR count). The van der Waals surface area contributed by atoms with E-state index >= 15 is 0 Å². The van der Waals surface area contributed by atoms with Crippen LogP contribution in [0, 0.1) is 0 Å². The van der Waals surface area contributed by atoms with E-state index in [0.717, 1.165) is 10.6 Å². The number of nitrogens with two attached hydrogens (primary N) is 2. The maximum Gasteiger partial charge on any atom is 0.267 e. The minimum absolute atomic E-state index is 0.179. The zero-order valence-corrected chi connectivity index (χ0v) is 11.2. The number of hydrogen-bond acceptors (Lipinski definition) is 5. The van der Waals surface area contributed by atoms with E-state index in [4.69, 9.17) is 11.5 Å². The van der Waals surface area contributed by atoms with Crippen molar-refractivity contribution in [2.75, 3.05) is 17.3 Å². The summed E-state index contributed by atoms with van der Waals surface area (Å²) < 4.78 is 0. The van der Waals surface area contributed by atoms with Crippen LogP contribution in [-0.4, -0.2) is 17.1 Å². The SMILES string of the molecule is CSc1ccccc1Nc1nc(C(N)=O)ccc1N. The Morgan fingerprint density at radius 3 is 2.68 bits per heavy atom. The molecule has 5 N–H and O–H groups in total. The van der Waals surface area contributed by atoms with Crippen LogP contribution in [0.25, 0.3) is 0 Å². The average molecular weight is 274 g/mol. The van der Waals surface area contributed by atoms with Crippen LogP contribution in [-0.2, 0) is 0 Å². The van der Waals surface area contributed by atoms with Gasteiger partial charge in [-0.05, 0) is 30.5 Å². The summed E-state index contributed by atoms with van der Waals surface area (Å²) in [6.07, 6.45) is 1.98. The number of amides is 1. The molecular formula is C13H14N4OS. The molecule has 98 valence electrons. The summed E-state index contributed by atoms with van der Waals surface area (Å²) in [5, 5.41) is 3.12. The fraction of sp³-hybridized carbons (Fsp3) is 0.0769. The first-order chi connectivity index (χ1) is 9.11. The van der Waals surface area contributed by atoms with Gasteiger partial charge < -0.3 is 16.8 Å². The van der Waals surface area contributed by atoms with Crippen molar-refractivity contribution in [1.82, 2.24) is 4.98 Å². The third-order valence-electron chi connectivity index (χ3n) is 2.54. The van der Waals surface area contributed by atoms with Crippen molar-refractivity contribution in [2.24, 2.45) is 5.73 Å². The Hall–Kier alpha value is -2.21. The number of benzene rings is 1. The molecule has 0 atom stereocenters. The summed E-state index contributed by atoms with van der Waals surface area (Å²) in [5.74, 6) is -0.154. The largest absolute Gasteiger partial charge is 0.396 e. The van der Waals surface area contributed by atoms with Gasteiger partial charge in [0, 0.05) is 4.90 Å². The van der Waals surface area contributed by atoms with E-state index in [0.29, 0.717) is 11.5 Å². The van der Waals surface area contributed by atoms with Crippen LogP contribution in [0.2, 0.25) is 0 Å². The molecule has 2 aromatic rings. The van der Waals surface area contributed by atoms with Crippen molar-refractivity contribution in [3.8, 4) is 0 Å². The number of rotatable bonds is 4. The molecule has 0 spiro atoms. The first-order valence-corrected chi connectivity index (χ1v) is 6.80. The lowest BCUT2D eigenvalue weighted by Gasteiger charge is -2.12. The summed E-state index contributed by atoms with van der Waals surface area (Å²) in [4.78, 5) is 16.3. The summed E-state index contributed by atoms with van der Waals surface area (Å²) in [5.41, 5.74) is 12.6. The molecule has 0 unspecified atom stereocenters. The normalized spacial score (nSPS) is 10.2. The topological polar surface area (TPSA) is 94.0 Å². The number of hydrogen-bond donors (Lipinski definition) is 3. The maximum atomic E-state index is 11.1. The van der Waals surface area contributed by atoms with E-state index in [9.17, 15) is 4.79 Å². The third kappa shape index (κ3) is 2.97. The molecule has 0 aliphatic rings. The first kappa shape index (κ1) is 13.2. The number of pyridine rings is 1. The summed E-state index contributed by atoms with van der Waals surface area (Å²) in [7, 11) is 0. The van der Waals surface area contributed by atoms with Gasteiger partial charge in [0.15, 0.2) is 5.82 Å². The van der Waals surface area contributed by atoms with Crippen molar-refractivity contribution in [3.05, 3.63) is 42.1 Å². The number of thioether (sulfide) groups is 1. The Bertz CT molecular complexity index is 615. The smallest absolute Gasteiger partial charge is 0.267 e. The summed E-state index contributed by atoms with van der Waals surface area (Å²) in [6.45, 7) is 0. The second-order valence-corrected chi connectivity index (χ2v) is 4.67. The molecule has 19 heavy (non-hydrogen) atoms. The minimum atomic E-state index is -0.582. The van der Waals surface area contributed by atoms with Crippen LogP contribution in [0.4, 0.5) is 17.2 Å². The molecule has 1 aromatic carbocycles. The molecular weight excluding hydrogens is 260 g/mol. The Kier molecular flexibility index (Phi) is 3.91. The summed E-state index contributed by atoms with van der Waals surface area (Å²) >= 11 is 1.61. The number of primary amides is 1. The van der Waals surface area contributed by atoms with Gasteiger partial charge in [-0.25, -0.2) is 4.98 Å². The van der Waals surface area contributed by atoms with Crippen molar-refractivity contribution in [2.45, 2.75) is 4.90 Å². The molecule has 6 heteroatoms. The van der Waals surface area contributed by atoms with Gasteiger partial charge in [-0.3, -0.25) is 4.79 Å². The maximum absolute atomic E-state index is 11.1. The van der Waals surface area contributed by atoms with Crippen molar-refractivity contribution < 1.29 is 4.79 Å². The van der Waals surface area contributed by atoms with Gasteiger partial charge >= 0.3 is 0 Å². The fourth-order valence-electron chi connectivity index (χ4n) is 1.58. The van der Waals surface area contributed by atoms with E-state index in [1.807, 2.05) is 30.5 Å². The average Bonchev–Trinajstić information content (AvgIpc) is 2.41. The number of nitrogens with zero attached hydrogens (tertiary/aromatic N) is 1. The van der Waals surface area contributed by atoms with Gasteiger partial charge in [0.05, 0.1) is 11.4 Å². The van der Waals surface area contributed by atoms with Gasteiger partial charge in [-0.1, -0.05) is 12.1 Å². The first-order valence-electron chi connectivity index (χ1n) is 5.58. The highest BCUT2D eigenvalue weighted by atomic mass is 32.2. The zero-order valence-electron chi connectivity index (χ0n) is 10.4. The van der Waals surface area contributed by atoms with Gasteiger partial charge in [0.1, 0.15) is 5.69 Å². The summed E-state index contributed by atoms with van der Waals surface area (Å²) in [6, 6.07) is 10.9. The van der Waals surface area contributed by atoms with E-state index in [1.54, 1.807) is 17.8 Å². The second kappa shape index (κ2) is 5.62. The van der Waals surface area contributed by atoms with Crippen LogP contribution in [0.15, 0.2) is 41.3 Å². The quantitative estimate of drug-likeness (QED) is 0.743. The van der Waals surface area contributed by atoms with Gasteiger partial charge in [-0.2, -0.15) is 0 Å². The van der Waals surface area contributed by atoms with Gasteiger partial charge in [0.25, 0.3) is 5.91 Å². The highest BCUT2D eigenvalue weighted by molar-refractivity contribution is 7.98. The number of anilines is 3. The van der Waals surface area contributed by atoms with Crippen LogP contribution in [0.1, 0.15) is 10.5 Å². The molecule has 0 bridgehead atoms. The standard InChI is InChI=1S/C13H14N4OS/c1-19-11-5-3-2-4-9(11)16-13-8(14)6-7-10(17-13)12(15)18/h2-7H,14H2,1H3,(H2,15,18)(H,16,17). The second-order valence-electron chi connectivity index (χ2n) is 3.82. The Labute approximate surface area is 115 Å². The van der Waals surface area contributed by atoms with E-state index < -0.39 is 5.91 Å². The molecule has 0 radical (unpaired) electrons. The highest BCUT2D eigenvalue weighted by Crippen LogP contribution is 2.29. The van der Waals surface area contributed by atoms with Gasteiger partial charge in [0.2, 0.25) is 0 Å². The number of nitrogens with one attached hydrogen (secondary N) is 1. The number of carbonyl (C=O) groups excluding carboxylic acids is 1. The molecule has 0 saturated heterocycles. The molecule has 5 nitrogen and oxygen atoms in total. The zero-order chi connectivity index (χ0) is 13.8. The number of aromatic nitrogens is 1. The monoisotopic (exact) mass is 274 g/mol. The van der Waals surface area contributed by atoms with E-state index in [1.165, 1.54) is 6.07 Å². The van der Waals surface area contributed by atoms with Crippen molar-refractivity contribution in [1.29, 1.82) is 0 Å². The Morgan fingerprint density at radius 2 is 2.00 bits per heavy atom. The highest BCUT2D eigenvalue weighted by Gasteiger charge is 2.09.